The van der Waals surface area contributed by atoms with Crippen LogP contribution in [-0.2, 0) is 6.42 Å². The lowest BCUT2D eigenvalue weighted by molar-refractivity contribution is 0.0992. The van der Waals surface area contributed by atoms with Crippen LogP contribution in [0.3, 0.4) is 0 Å². The number of Topliss-reactive ketones (excluding diaryl/α,β-unsaturated/α-hetero) is 1. The van der Waals surface area contributed by atoms with Crippen molar-refractivity contribution in [1.29, 1.82) is 0 Å². The number of carbonyl (C=O) groups excluding carboxylic acids is 1. The monoisotopic (exact) mass is 281 g/mol. The van der Waals surface area contributed by atoms with Crippen molar-refractivity contribution in [1.82, 2.24) is 0 Å². The smallest absolute Gasteiger partial charge is 0.167 e. The second-order valence-corrected chi connectivity index (χ2v) is 4.48. The molecule has 2 nitrogen and oxygen atoms in total. The zero-order valence-electron chi connectivity index (χ0n) is 9.79. The van der Waals surface area contributed by atoms with E-state index < -0.39 is 11.6 Å². The van der Waals surface area contributed by atoms with Gasteiger partial charge in [0.2, 0.25) is 0 Å². The molecule has 0 aliphatic carbocycles. The van der Waals surface area contributed by atoms with Crippen molar-refractivity contribution in [3.63, 3.8) is 0 Å². The van der Waals surface area contributed by atoms with Gasteiger partial charge in [-0.3, -0.25) is 4.79 Å². The Morgan fingerprint density at radius 3 is 2.58 bits per heavy atom. The number of halogens is 3. The molecule has 0 bridgehead atoms. The molecule has 2 aromatic carbocycles. The highest BCUT2D eigenvalue weighted by Crippen LogP contribution is 2.21. The van der Waals surface area contributed by atoms with Gasteiger partial charge in [-0.25, -0.2) is 8.78 Å². The molecule has 0 atom stereocenters. The Hall–Kier alpha value is -1.94. The van der Waals surface area contributed by atoms with Gasteiger partial charge in [0, 0.05) is 12.0 Å². The van der Waals surface area contributed by atoms with Crippen LogP contribution < -0.4 is 5.73 Å². The zero-order valence-corrected chi connectivity index (χ0v) is 10.5. The first-order chi connectivity index (χ1) is 8.97. The Morgan fingerprint density at radius 1 is 1.16 bits per heavy atom. The summed E-state index contributed by atoms with van der Waals surface area (Å²) in [4.78, 5) is 12.0. The molecule has 98 valence electrons. The van der Waals surface area contributed by atoms with Crippen LogP contribution in [0.2, 0.25) is 5.02 Å². The van der Waals surface area contributed by atoms with Crippen LogP contribution in [0.1, 0.15) is 15.9 Å². The van der Waals surface area contributed by atoms with Crippen molar-refractivity contribution in [3.8, 4) is 0 Å². The van der Waals surface area contributed by atoms with E-state index in [1.54, 1.807) is 0 Å². The van der Waals surface area contributed by atoms with Gasteiger partial charge in [0.25, 0.3) is 0 Å². The van der Waals surface area contributed by atoms with E-state index in [4.69, 9.17) is 17.3 Å². The average Bonchev–Trinajstić information content (AvgIpc) is 2.37. The van der Waals surface area contributed by atoms with E-state index in [0.29, 0.717) is 11.3 Å². The minimum Gasteiger partial charge on any atom is -0.398 e. The van der Waals surface area contributed by atoms with E-state index in [2.05, 4.69) is 0 Å². The van der Waals surface area contributed by atoms with E-state index in [1.807, 2.05) is 0 Å². The third kappa shape index (κ3) is 3.09. The summed E-state index contributed by atoms with van der Waals surface area (Å²) in [5.41, 5.74) is 6.21. The molecule has 5 heteroatoms. The first-order valence-electron chi connectivity index (χ1n) is 5.49. The molecule has 0 aliphatic heterocycles. The summed E-state index contributed by atoms with van der Waals surface area (Å²) in [7, 11) is 0. The van der Waals surface area contributed by atoms with Crippen molar-refractivity contribution >= 4 is 23.1 Å². The first-order valence-corrected chi connectivity index (χ1v) is 5.87. The third-order valence-corrected chi connectivity index (χ3v) is 3.01. The van der Waals surface area contributed by atoms with Crippen molar-refractivity contribution < 1.29 is 13.6 Å². The number of rotatable bonds is 3. The molecular weight excluding hydrogens is 272 g/mol. The average molecular weight is 282 g/mol. The van der Waals surface area contributed by atoms with Gasteiger partial charge in [-0.1, -0.05) is 11.6 Å². The normalized spacial score (nSPS) is 10.5. The molecule has 0 amide bonds. The maximum absolute atomic E-state index is 13.4. The molecule has 19 heavy (non-hydrogen) atoms. The largest absolute Gasteiger partial charge is 0.398 e. The predicted molar refractivity (Wildman–Crippen MR) is 70.3 cm³/mol. The third-order valence-electron chi connectivity index (χ3n) is 2.68. The Bertz CT molecular complexity index is 643. The highest BCUT2D eigenvalue weighted by atomic mass is 35.5. The molecule has 0 saturated carbocycles. The molecule has 0 heterocycles. The Morgan fingerprint density at radius 2 is 1.89 bits per heavy atom. The minimum absolute atomic E-state index is 0.0120. The number of hydrogen-bond acceptors (Lipinski definition) is 2. The van der Waals surface area contributed by atoms with Gasteiger partial charge < -0.3 is 5.73 Å². The van der Waals surface area contributed by atoms with Crippen LogP contribution in [0, 0.1) is 11.6 Å². The molecule has 0 fully saturated rings. The quantitative estimate of drug-likeness (QED) is 0.690. The number of benzene rings is 2. The lowest BCUT2D eigenvalue weighted by Crippen LogP contribution is -2.06. The van der Waals surface area contributed by atoms with Crippen molar-refractivity contribution in [2.75, 3.05) is 5.73 Å². The van der Waals surface area contributed by atoms with E-state index in [0.717, 1.165) is 18.2 Å². The molecule has 0 aromatic heterocycles. The van der Waals surface area contributed by atoms with Crippen LogP contribution in [0.25, 0.3) is 0 Å². The molecular formula is C14H10ClF2NO. The van der Waals surface area contributed by atoms with Crippen molar-refractivity contribution in [3.05, 3.63) is 64.2 Å². The highest BCUT2D eigenvalue weighted by molar-refractivity contribution is 6.33. The van der Waals surface area contributed by atoms with Gasteiger partial charge in [0.15, 0.2) is 5.78 Å². The number of ketones is 1. The van der Waals surface area contributed by atoms with Crippen LogP contribution in [0.5, 0.6) is 0 Å². The van der Waals surface area contributed by atoms with Crippen LogP contribution in [-0.4, -0.2) is 5.78 Å². The molecule has 2 rings (SSSR count). The fraction of sp³-hybridized carbons (Fsp3) is 0.0714. The van der Waals surface area contributed by atoms with Gasteiger partial charge in [0.1, 0.15) is 11.6 Å². The molecule has 0 radical (unpaired) electrons. The maximum atomic E-state index is 13.4. The SMILES string of the molecule is Nc1ccc(C(=O)Cc2cc(F)ccc2F)cc1Cl. The standard InChI is InChI=1S/C14H10ClF2NO/c15-11-6-8(1-4-13(11)18)14(19)7-9-5-10(16)2-3-12(9)17/h1-6H,7,18H2. The minimum atomic E-state index is -0.615. The summed E-state index contributed by atoms with van der Waals surface area (Å²) in [5.74, 6) is -1.55. The fourth-order valence-electron chi connectivity index (χ4n) is 1.65. The molecule has 0 saturated heterocycles. The van der Waals surface area contributed by atoms with Gasteiger partial charge in [-0.2, -0.15) is 0 Å². The highest BCUT2D eigenvalue weighted by Gasteiger charge is 2.12. The second kappa shape index (κ2) is 5.36. The van der Waals surface area contributed by atoms with E-state index in [9.17, 15) is 13.6 Å². The Kier molecular flexibility index (Phi) is 3.81. The first kappa shape index (κ1) is 13.5. The van der Waals surface area contributed by atoms with Gasteiger partial charge in [0.05, 0.1) is 10.7 Å². The molecule has 0 aliphatic rings. The van der Waals surface area contributed by atoms with Crippen molar-refractivity contribution in [2.24, 2.45) is 0 Å². The van der Waals surface area contributed by atoms with E-state index in [-0.39, 0.29) is 22.8 Å². The summed E-state index contributed by atoms with van der Waals surface area (Å²) in [5, 5.41) is 0.255. The van der Waals surface area contributed by atoms with Crippen LogP contribution in [0.15, 0.2) is 36.4 Å². The Labute approximate surface area is 113 Å². The van der Waals surface area contributed by atoms with Crippen LogP contribution in [0.4, 0.5) is 14.5 Å². The summed E-state index contributed by atoms with van der Waals surface area (Å²) in [6.07, 6.45) is -0.232. The van der Waals surface area contributed by atoms with Gasteiger partial charge in [-0.15, -0.1) is 0 Å². The maximum Gasteiger partial charge on any atom is 0.167 e. The van der Waals surface area contributed by atoms with Crippen molar-refractivity contribution in [2.45, 2.75) is 6.42 Å². The summed E-state index contributed by atoms with van der Waals surface area (Å²) >= 11 is 5.81. The number of anilines is 1. The fourth-order valence-corrected chi connectivity index (χ4v) is 1.83. The topological polar surface area (TPSA) is 43.1 Å². The number of nitrogen functional groups attached to an aromatic ring is 1. The zero-order chi connectivity index (χ0) is 14.0. The predicted octanol–water partition coefficient (Wildman–Crippen LogP) is 3.63. The molecule has 0 spiro atoms. The lowest BCUT2D eigenvalue weighted by atomic mass is 10.0. The molecule has 2 N–H and O–H groups in total. The Balaban J connectivity index is 2.25. The van der Waals surface area contributed by atoms with E-state index in [1.165, 1.54) is 18.2 Å². The summed E-state index contributed by atoms with van der Waals surface area (Å²) in [6, 6.07) is 7.41. The number of hydrogen-bond donors (Lipinski definition) is 1. The van der Waals surface area contributed by atoms with Gasteiger partial charge in [-0.05, 0) is 42.0 Å². The molecule has 2 aromatic rings. The number of nitrogens with two attached hydrogens (primary N) is 1. The second-order valence-electron chi connectivity index (χ2n) is 4.07. The van der Waals surface area contributed by atoms with E-state index >= 15 is 0 Å². The summed E-state index contributed by atoms with van der Waals surface area (Å²) in [6.45, 7) is 0. The molecule has 0 unspecified atom stereocenters. The van der Waals surface area contributed by atoms with Crippen LogP contribution >= 0.6 is 11.6 Å². The summed E-state index contributed by atoms with van der Waals surface area (Å²) < 4.78 is 26.4. The number of carbonyl (C=O) groups is 1. The lowest BCUT2D eigenvalue weighted by Gasteiger charge is -2.05. The van der Waals surface area contributed by atoms with Gasteiger partial charge >= 0.3 is 0 Å².